The first-order chi connectivity index (χ1) is 10.0. The summed E-state index contributed by atoms with van der Waals surface area (Å²) in [5.41, 5.74) is 2.36. The molecule has 0 bridgehead atoms. The van der Waals surface area contributed by atoms with Gasteiger partial charge in [-0.25, -0.2) is 19.0 Å². The van der Waals surface area contributed by atoms with E-state index in [0.717, 1.165) is 19.4 Å². The standard InChI is InChI=1S/C11H18N6O2S2/c1-16-4-2-3-8(16)7-13-21(18,19)10-9(15-12)14-11-17(10)5-6-20-11/h5-6,8,13,15H,2-4,7,12H2,1H3. The number of anilines is 1. The Bertz CT molecular complexity index is 737. The zero-order valence-corrected chi connectivity index (χ0v) is 13.2. The van der Waals surface area contributed by atoms with Crippen LogP contribution in [0, 0.1) is 0 Å². The van der Waals surface area contributed by atoms with Gasteiger partial charge >= 0.3 is 0 Å². The largest absolute Gasteiger partial charge is 0.306 e. The van der Waals surface area contributed by atoms with Crippen molar-refractivity contribution >= 4 is 32.1 Å². The van der Waals surface area contributed by atoms with Gasteiger partial charge in [0.05, 0.1) is 0 Å². The average molecular weight is 330 g/mol. The Kier molecular flexibility index (Phi) is 3.88. The van der Waals surface area contributed by atoms with Gasteiger partial charge < -0.3 is 10.3 Å². The van der Waals surface area contributed by atoms with Gasteiger partial charge in [0.15, 0.2) is 10.8 Å². The Morgan fingerprint density at radius 1 is 1.57 bits per heavy atom. The maximum atomic E-state index is 12.6. The first-order valence-corrected chi connectivity index (χ1v) is 9.01. The minimum absolute atomic E-state index is 0.0573. The van der Waals surface area contributed by atoms with E-state index >= 15 is 0 Å². The molecule has 1 aliphatic rings. The summed E-state index contributed by atoms with van der Waals surface area (Å²) < 4.78 is 29.3. The molecule has 1 fully saturated rings. The van der Waals surface area contributed by atoms with Gasteiger partial charge in [-0.1, -0.05) is 0 Å². The fourth-order valence-corrected chi connectivity index (χ4v) is 4.71. The fourth-order valence-electron chi connectivity index (χ4n) is 2.63. The number of hydrazine groups is 1. The second-order valence-electron chi connectivity index (χ2n) is 5.09. The molecule has 0 aliphatic carbocycles. The van der Waals surface area contributed by atoms with Crippen molar-refractivity contribution in [3.63, 3.8) is 0 Å². The maximum absolute atomic E-state index is 12.6. The van der Waals surface area contributed by atoms with Crippen LogP contribution in [0.3, 0.4) is 0 Å². The second-order valence-corrected chi connectivity index (χ2v) is 7.65. The first-order valence-electron chi connectivity index (χ1n) is 6.65. The monoisotopic (exact) mass is 330 g/mol. The highest BCUT2D eigenvalue weighted by Gasteiger charge is 2.28. The molecule has 4 N–H and O–H groups in total. The van der Waals surface area contributed by atoms with Gasteiger partial charge in [-0.2, -0.15) is 4.98 Å². The Hall–Kier alpha value is -1.20. The molecule has 1 atom stereocenters. The number of likely N-dealkylation sites (tertiary alicyclic amines) is 1. The number of hydrogen-bond acceptors (Lipinski definition) is 7. The van der Waals surface area contributed by atoms with Gasteiger partial charge in [-0.05, 0) is 26.4 Å². The summed E-state index contributed by atoms with van der Waals surface area (Å²) >= 11 is 1.35. The number of nitrogens with zero attached hydrogens (tertiary/aromatic N) is 3. The third-order valence-corrected chi connectivity index (χ3v) is 5.99. The van der Waals surface area contributed by atoms with Crippen molar-refractivity contribution < 1.29 is 8.42 Å². The van der Waals surface area contributed by atoms with E-state index in [1.54, 1.807) is 11.6 Å². The summed E-state index contributed by atoms with van der Waals surface area (Å²) in [6.45, 7) is 1.39. The summed E-state index contributed by atoms with van der Waals surface area (Å²) in [7, 11) is -1.67. The van der Waals surface area contributed by atoms with E-state index in [1.165, 1.54) is 15.7 Å². The number of hydrogen-bond donors (Lipinski definition) is 3. The number of nitrogens with one attached hydrogen (secondary N) is 2. The van der Waals surface area contributed by atoms with E-state index in [9.17, 15) is 8.42 Å². The van der Waals surface area contributed by atoms with Crippen molar-refractivity contribution in [2.24, 2.45) is 5.84 Å². The molecule has 10 heteroatoms. The molecule has 0 radical (unpaired) electrons. The lowest BCUT2D eigenvalue weighted by Gasteiger charge is -2.19. The van der Waals surface area contributed by atoms with Crippen LogP contribution in [0.15, 0.2) is 16.6 Å². The number of sulfonamides is 1. The molecule has 3 rings (SSSR count). The molecule has 0 spiro atoms. The smallest absolute Gasteiger partial charge is 0.260 e. The quantitative estimate of drug-likeness (QED) is 0.529. The number of fused-ring (bicyclic) bond motifs is 1. The van der Waals surface area contributed by atoms with Crippen LogP contribution in [-0.2, 0) is 10.0 Å². The highest BCUT2D eigenvalue weighted by Crippen LogP contribution is 2.25. The van der Waals surface area contributed by atoms with E-state index in [1.807, 2.05) is 7.05 Å². The molecule has 0 amide bonds. The molecule has 1 aliphatic heterocycles. The Morgan fingerprint density at radius 3 is 3.05 bits per heavy atom. The normalized spacial score (nSPS) is 20.4. The number of imidazole rings is 1. The van der Waals surface area contributed by atoms with Crippen LogP contribution in [0.1, 0.15) is 12.8 Å². The van der Waals surface area contributed by atoms with Gasteiger partial charge in [0, 0.05) is 24.2 Å². The number of likely N-dealkylation sites (N-methyl/N-ethyl adjacent to an activating group) is 1. The van der Waals surface area contributed by atoms with Crippen LogP contribution >= 0.6 is 11.3 Å². The van der Waals surface area contributed by atoms with E-state index in [-0.39, 0.29) is 16.9 Å². The van der Waals surface area contributed by atoms with Crippen LogP contribution in [0.25, 0.3) is 4.96 Å². The molecule has 2 aromatic heterocycles. The van der Waals surface area contributed by atoms with Crippen LogP contribution in [0.2, 0.25) is 0 Å². The molecule has 116 valence electrons. The molecule has 3 heterocycles. The van der Waals surface area contributed by atoms with Gasteiger partial charge in [-0.3, -0.25) is 4.40 Å². The average Bonchev–Trinajstić information content (AvgIpc) is 3.10. The molecule has 0 saturated carbocycles. The van der Waals surface area contributed by atoms with Crippen molar-refractivity contribution in [1.82, 2.24) is 19.0 Å². The highest BCUT2D eigenvalue weighted by atomic mass is 32.2. The second kappa shape index (κ2) is 5.54. The van der Waals surface area contributed by atoms with Crippen molar-refractivity contribution in [2.75, 3.05) is 25.6 Å². The number of nitrogens with two attached hydrogens (primary N) is 1. The number of rotatable bonds is 5. The van der Waals surface area contributed by atoms with Gasteiger partial charge in [-0.15, -0.1) is 11.3 Å². The molecule has 1 unspecified atom stereocenters. The van der Waals surface area contributed by atoms with E-state index in [0.29, 0.717) is 11.5 Å². The van der Waals surface area contributed by atoms with Crippen molar-refractivity contribution in [3.8, 4) is 0 Å². The lowest BCUT2D eigenvalue weighted by molar-refractivity contribution is 0.310. The molecule has 0 aromatic carbocycles. The molecule has 21 heavy (non-hydrogen) atoms. The SMILES string of the molecule is CN1CCCC1CNS(=O)(=O)c1c(NN)nc2sccn12. The summed E-state index contributed by atoms with van der Waals surface area (Å²) in [5, 5.41) is 1.84. The minimum atomic E-state index is -3.68. The zero-order valence-electron chi connectivity index (χ0n) is 11.6. The van der Waals surface area contributed by atoms with Crippen LogP contribution < -0.4 is 16.0 Å². The third kappa shape index (κ3) is 2.64. The third-order valence-electron chi connectivity index (χ3n) is 3.79. The molecule has 2 aromatic rings. The summed E-state index contributed by atoms with van der Waals surface area (Å²) in [5.74, 6) is 5.55. The number of aromatic nitrogens is 2. The molecule has 1 saturated heterocycles. The highest BCUT2D eigenvalue weighted by molar-refractivity contribution is 7.89. The van der Waals surface area contributed by atoms with Crippen molar-refractivity contribution in [1.29, 1.82) is 0 Å². The zero-order chi connectivity index (χ0) is 15.0. The van der Waals surface area contributed by atoms with E-state index in [4.69, 9.17) is 5.84 Å². The van der Waals surface area contributed by atoms with Gasteiger partial charge in [0.1, 0.15) is 0 Å². The summed E-state index contributed by atoms with van der Waals surface area (Å²) in [6.07, 6.45) is 3.77. The Balaban J connectivity index is 1.87. The predicted molar refractivity (Wildman–Crippen MR) is 81.7 cm³/mol. The van der Waals surface area contributed by atoms with Gasteiger partial charge in [0.25, 0.3) is 10.0 Å². The van der Waals surface area contributed by atoms with Crippen molar-refractivity contribution in [2.45, 2.75) is 23.9 Å². The van der Waals surface area contributed by atoms with Crippen LogP contribution in [0.5, 0.6) is 0 Å². The van der Waals surface area contributed by atoms with E-state index < -0.39 is 10.0 Å². The lowest BCUT2D eigenvalue weighted by atomic mass is 10.2. The van der Waals surface area contributed by atoms with Crippen molar-refractivity contribution in [3.05, 3.63) is 11.6 Å². The Labute approximate surface area is 127 Å². The maximum Gasteiger partial charge on any atom is 0.260 e. The first kappa shape index (κ1) is 14.7. The van der Waals surface area contributed by atoms with Crippen LogP contribution in [-0.4, -0.2) is 48.9 Å². The van der Waals surface area contributed by atoms with Crippen LogP contribution in [0.4, 0.5) is 5.82 Å². The molecule has 8 nitrogen and oxygen atoms in total. The predicted octanol–water partition coefficient (Wildman–Crippen LogP) is 0.0539. The fraction of sp³-hybridized carbons (Fsp3) is 0.545. The summed E-state index contributed by atoms with van der Waals surface area (Å²) in [6, 6.07) is 0.236. The molecular formula is C11H18N6O2S2. The van der Waals surface area contributed by atoms with E-state index in [2.05, 4.69) is 20.0 Å². The summed E-state index contributed by atoms with van der Waals surface area (Å²) in [4.78, 5) is 6.92. The lowest BCUT2D eigenvalue weighted by Crippen LogP contribution is -2.38. The van der Waals surface area contributed by atoms with Gasteiger partial charge in [0.2, 0.25) is 5.03 Å². The molecular weight excluding hydrogens is 312 g/mol. The number of nitrogen functional groups attached to an aromatic ring is 1. The topological polar surface area (TPSA) is 105 Å². The minimum Gasteiger partial charge on any atom is -0.306 e. The Morgan fingerprint density at radius 2 is 2.38 bits per heavy atom. The number of thiazole rings is 1.